The molecule has 0 bridgehead atoms. The van der Waals surface area contributed by atoms with Gasteiger partial charge in [-0.2, -0.15) is 0 Å². The Morgan fingerprint density at radius 1 is 1.41 bits per heavy atom. The van der Waals surface area contributed by atoms with Gasteiger partial charge in [-0.05, 0) is 38.0 Å². The van der Waals surface area contributed by atoms with Gasteiger partial charge in [-0.15, -0.1) is 24.0 Å². The third kappa shape index (κ3) is 3.24. The molecule has 0 aromatic carbocycles. The van der Waals surface area contributed by atoms with Gasteiger partial charge in [-0.25, -0.2) is 4.99 Å². The molecule has 17 heavy (non-hydrogen) atoms. The van der Waals surface area contributed by atoms with Crippen LogP contribution >= 0.6 is 24.0 Å². The van der Waals surface area contributed by atoms with Crippen molar-refractivity contribution in [3.8, 4) is 0 Å². The molecular weight excluding hydrogens is 329 g/mol. The minimum absolute atomic E-state index is 0. The smallest absolute Gasteiger partial charge is 0.191 e. The highest BCUT2D eigenvalue weighted by atomic mass is 127. The lowest BCUT2D eigenvalue weighted by Gasteiger charge is -2.31. The van der Waals surface area contributed by atoms with Crippen LogP contribution in [0.5, 0.6) is 0 Å². The van der Waals surface area contributed by atoms with Crippen molar-refractivity contribution < 1.29 is 4.74 Å². The predicted molar refractivity (Wildman–Crippen MR) is 78.6 cm³/mol. The molecule has 4 nitrogen and oxygen atoms in total. The Morgan fingerprint density at radius 3 is 2.82 bits per heavy atom. The van der Waals surface area contributed by atoms with Crippen molar-refractivity contribution in [2.24, 2.45) is 22.6 Å². The standard InChI is InChI=1S/C12H21N3O.HI/c1-8-7-15(4-5-16-8)12(13)14-11-6-10(11)9-2-3-9;/h8-11H,2-7H2,1H3,(H2,13,14);1H/t8?,10-,11+;/m0./s1. The van der Waals surface area contributed by atoms with Gasteiger partial charge in [-0.3, -0.25) is 0 Å². The molecule has 5 heteroatoms. The van der Waals surface area contributed by atoms with E-state index >= 15 is 0 Å². The lowest BCUT2D eigenvalue weighted by Crippen LogP contribution is -2.48. The zero-order valence-corrected chi connectivity index (χ0v) is 12.7. The molecule has 0 spiro atoms. The third-order valence-electron chi connectivity index (χ3n) is 3.90. The van der Waals surface area contributed by atoms with Crippen molar-refractivity contribution in [3.05, 3.63) is 0 Å². The number of nitrogens with zero attached hydrogens (tertiary/aromatic N) is 2. The summed E-state index contributed by atoms with van der Waals surface area (Å²) in [6.07, 6.45) is 4.39. The number of ether oxygens (including phenoxy) is 1. The number of guanidine groups is 1. The van der Waals surface area contributed by atoms with Crippen LogP contribution in [0.1, 0.15) is 26.2 Å². The maximum absolute atomic E-state index is 6.05. The second-order valence-corrected chi connectivity index (χ2v) is 5.42. The van der Waals surface area contributed by atoms with E-state index in [2.05, 4.69) is 16.8 Å². The molecule has 3 fully saturated rings. The molecule has 98 valence electrons. The van der Waals surface area contributed by atoms with E-state index in [0.29, 0.717) is 6.04 Å². The van der Waals surface area contributed by atoms with Gasteiger partial charge >= 0.3 is 0 Å². The van der Waals surface area contributed by atoms with Crippen LogP contribution in [-0.2, 0) is 4.74 Å². The number of nitrogens with two attached hydrogens (primary N) is 1. The van der Waals surface area contributed by atoms with Crippen LogP contribution in [0.2, 0.25) is 0 Å². The van der Waals surface area contributed by atoms with Crippen molar-refractivity contribution >= 4 is 29.9 Å². The van der Waals surface area contributed by atoms with E-state index in [1.54, 1.807) is 0 Å². The fourth-order valence-electron chi connectivity index (χ4n) is 2.66. The van der Waals surface area contributed by atoms with Gasteiger partial charge in [0.15, 0.2) is 5.96 Å². The largest absolute Gasteiger partial charge is 0.375 e. The molecule has 3 aliphatic rings. The summed E-state index contributed by atoms with van der Waals surface area (Å²) in [5.74, 6) is 2.57. The number of hydrogen-bond donors (Lipinski definition) is 1. The third-order valence-corrected chi connectivity index (χ3v) is 3.90. The molecule has 2 aliphatic carbocycles. The van der Waals surface area contributed by atoms with Crippen LogP contribution in [0, 0.1) is 11.8 Å². The van der Waals surface area contributed by atoms with Gasteiger partial charge in [0.2, 0.25) is 0 Å². The molecule has 0 aromatic rings. The van der Waals surface area contributed by atoms with E-state index in [1.165, 1.54) is 19.3 Å². The Balaban J connectivity index is 0.00000108. The lowest BCUT2D eigenvalue weighted by atomic mass is 10.3. The molecular formula is C12H22IN3O. The average Bonchev–Trinajstić information content (AvgIpc) is 3.11. The van der Waals surface area contributed by atoms with Crippen LogP contribution in [0.4, 0.5) is 0 Å². The average molecular weight is 351 g/mol. The molecule has 1 aliphatic heterocycles. The first kappa shape index (κ1) is 13.4. The molecule has 1 heterocycles. The number of hydrogen-bond acceptors (Lipinski definition) is 2. The molecule has 0 amide bonds. The molecule has 3 rings (SSSR count). The number of halogens is 1. The first-order chi connectivity index (χ1) is 7.74. The van der Waals surface area contributed by atoms with Crippen molar-refractivity contribution in [3.63, 3.8) is 0 Å². The highest BCUT2D eigenvalue weighted by Crippen LogP contribution is 2.51. The monoisotopic (exact) mass is 351 g/mol. The Kier molecular flexibility index (Phi) is 4.18. The molecule has 0 aromatic heterocycles. The molecule has 2 N–H and O–H groups in total. The van der Waals surface area contributed by atoms with Crippen LogP contribution in [0.25, 0.3) is 0 Å². The molecule has 3 atom stereocenters. The van der Waals surface area contributed by atoms with E-state index in [9.17, 15) is 0 Å². The maximum Gasteiger partial charge on any atom is 0.191 e. The Hall–Kier alpha value is -0.0400. The van der Waals surface area contributed by atoms with E-state index in [-0.39, 0.29) is 30.1 Å². The number of morpholine rings is 1. The second-order valence-electron chi connectivity index (χ2n) is 5.42. The topological polar surface area (TPSA) is 50.8 Å². The minimum Gasteiger partial charge on any atom is -0.375 e. The van der Waals surface area contributed by atoms with Gasteiger partial charge in [0, 0.05) is 13.1 Å². The van der Waals surface area contributed by atoms with Gasteiger partial charge in [-0.1, -0.05) is 0 Å². The zero-order valence-electron chi connectivity index (χ0n) is 10.3. The van der Waals surface area contributed by atoms with Gasteiger partial charge in [0.05, 0.1) is 18.8 Å². The number of aliphatic imine (C=N–C) groups is 1. The Morgan fingerprint density at radius 2 is 2.18 bits per heavy atom. The van der Waals surface area contributed by atoms with Crippen LogP contribution in [-0.4, -0.2) is 42.7 Å². The molecule has 2 saturated carbocycles. The molecule has 0 radical (unpaired) electrons. The SMILES string of the molecule is CC1CN(C(N)=N[C@@H]2C[C@H]2C2CC2)CCO1.I. The van der Waals surface area contributed by atoms with E-state index in [0.717, 1.165) is 37.5 Å². The predicted octanol–water partition coefficient (Wildman–Crippen LogP) is 1.44. The normalized spacial score (nSPS) is 37.6. The van der Waals surface area contributed by atoms with Crippen LogP contribution in [0.15, 0.2) is 4.99 Å². The summed E-state index contributed by atoms with van der Waals surface area (Å²) in [5, 5.41) is 0. The fraction of sp³-hybridized carbons (Fsp3) is 0.917. The van der Waals surface area contributed by atoms with E-state index in [4.69, 9.17) is 10.5 Å². The molecule has 1 unspecified atom stereocenters. The van der Waals surface area contributed by atoms with Crippen molar-refractivity contribution in [1.82, 2.24) is 4.90 Å². The Labute approximate surface area is 120 Å². The summed E-state index contributed by atoms with van der Waals surface area (Å²) < 4.78 is 5.50. The van der Waals surface area contributed by atoms with Crippen molar-refractivity contribution in [2.75, 3.05) is 19.7 Å². The fourth-order valence-corrected chi connectivity index (χ4v) is 2.66. The van der Waals surface area contributed by atoms with Gasteiger partial charge in [0.25, 0.3) is 0 Å². The first-order valence-electron chi connectivity index (χ1n) is 6.44. The minimum atomic E-state index is 0. The Bertz CT molecular complexity index is 306. The highest BCUT2D eigenvalue weighted by Gasteiger charge is 2.47. The van der Waals surface area contributed by atoms with Crippen molar-refractivity contribution in [1.29, 1.82) is 0 Å². The van der Waals surface area contributed by atoms with Crippen LogP contribution < -0.4 is 5.73 Å². The number of rotatable bonds is 2. The second kappa shape index (κ2) is 5.30. The maximum atomic E-state index is 6.05. The summed E-state index contributed by atoms with van der Waals surface area (Å²) in [6.45, 7) is 4.63. The van der Waals surface area contributed by atoms with E-state index in [1.807, 2.05) is 0 Å². The first-order valence-corrected chi connectivity index (χ1v) is 6.44. The van der Waals surface area contributed by atoms with Gasteiger partial charge in [0.1, 0.15) is 0 Å². The van der Waals surface area contributed by atoms with Crippen LogP contribution in [0.3, 0.4) is 0 Å². The van der Waals surface area contributed by atoms with E-state index < -0.39 is 0 Å². The molecule has 1 saturated heterocycles. The quantitative estimate of drug-likeness (QED) is 0.465. The summed E-state index contributed by atoms with van der Waals surface area (Å²) in [5.41, 5.74) is 6.05. The summed E-state index contributed by atoms with van der Waals surface area (Å²) in [6, 6.07) is 0.533. The highest BCUT2D eigenvalue weighted by molar-refractivity contribution is 14.0. The zero-order chi connectivity index (χ0) is 11.1. The summed E-state index contributed by atoms with van der Waals surface area (Å²) in [4.78, 5) is 6.82. The lowest BCUT2D eigenvalue weighted by molar-refractivity contribution is 0.00527. The summed E-state index contributed by atoms with van der Waals surface area (Å²) >= 11 is 0. The van der Waals surface area contributed by atoms with Gasteiger partial charge < -0.3 is 15.4 Å². The van der Waals surface area contributed by atoms with Crippen molar-refractivity contribution in [2.45, 2.75) is 38.3 Å². The summed E-state index contributed by atoms with van der Waals surface area (Å²) in [7, 11) is 0.